The van der Waals surface area contributed by atoms with E-state index in [1.807, 2.05) is 13.8 Å². The molecule has 84 valence electrons. The van der Waals surface area contributed by atoms with Crippen molar-refractivity contribution in [2.45, 2.75) is 32.6 Å². The molecule has 0 aromatic heterocycles. The van der Waals surface area contributed by atoms with Crippen LogP contribution in [-0.2, 0) is 4.74 Å². The molecule has 0 saturated carbocycles. The molecular weight excluding hydrogens is 180 g/mol. The van der Waals surface area contributed by atoms with Crippen LogP contribution in [0, 0.1) is 0 Å². The lowest BCUT2D eigenvalue weighted by Gasteiger charge is -2.34. The SMILES string of the molecule is CCOC1CN(CC(O)CC)CCN1. The number of β-amino-alcohol motifs (C(OH)–C–C–N with tert-alkyl or cyclic N) is 1. The summed E-state index contributed by atoms with van der Waals surface area (Å²) in [6.45, 7) is 8.34. The number of nitrogens with one attached hydrogen (secondary N) is 1. The molecule has 1 rings (SSSR count). The van der Waals surface area contributed by atoms with Crippen LogP contribution in [0.5, 0.6) is 0 Å². The van der Waals surface area contributed by atoms with Crippen LogP contribution in [0.2, 0.25) is 0 Å². The van der Waals surface area contributed by atoms with Gasteiger partial charge in [0, 0.05) is 32.8 Å². The average molecular weight is 202 g/mol. The van der Waals surface area contributed by atoms with Crippen LogP contribution in [0.3, 0.4) is 0 Å². The Labute approximate surface area is 86.2 Å². The maximum atomic E-state index is 9.52. The summed E-state index contributed by atoms with van der Waals surface area (Å²) < 4.78 is 5.49. The van der Waals surface area contributed by atoms with Crippen molar-refractivity contribution in [2.75, 3.05) is 32.8 Å². The highest BCUT2D eigenvalue weighted by Crippen LogP contribution is 2.03. The van der Waals surface area contributed by atoms with Crippen LogP contribution in [0.25, 0.3) is 0 Å². The van der Waals surface area contributed by atoms with E-state index in [9.17, 15) is 5.11 Å². The summed E-state index contributed by atoms with van der Waals surface area (Å²) >= 11 is 0. The van der Waals surface area contributed by atoms with Gasteiger partial charge >= 0.3 is 0 Å². The molecule has 0 aromatic rings. The molecule has 2 unspecified atom stereocenters. The highest BCUT2D eigenvalue weighted by atomic mass is 16.5. The van der Waals surface area contributed by atoms with Crippen LogP contribution in [0.4, 0.5) is 0 Å². The van der Waals surface area contributed by atoms with E-state index in [4.69, 9.17) is 4.74 Å². The molecule has 1 saturated heterocycles. The molecule has 0 aromatic carbocycles. The molecule has 1 aliphatic rings. The summed E-state index contributed by atoms with van der Waals surface area (Å²) in [7, 11) is 0. The van der Waals surface area contributed by atoms with Gasteiger partial charge in [-0.2, -0.15) is 0 Å². The van der Waals surface area contributed by atoms with Gasteiger partial charge in [0.2, 0.25) is 0 Å². The Kier molecular flexibility index (Phi) is 5.40. The van der Waals surface area contributed by atoms with Crippen molar-refractivity contribution >= 4 is 0 Å². The van der Waals surface area contributed by atoms with E-state index >= 15 is 0 Å². The topological polar surface area (TPSA) is 44.7 Å². The summed E-state index contributed by atoms with van der Waals surface area (Å²) in [5, 5.41) is 12.8. The third-order valence-corrected chi connectivity index (χ3v) is 2.53. The highest BCUT2D eigenvalue weighted by molar-refractivity contribution is 4.74. The van der Waals surface area contributed by atoms with Crippen LogP contribution < -0.4 is 5.32 Å². The number of rotatable bonds is 5. The molecule has 0 amide bonds. The Morgan fingerprint density at radius 2 is 2.36 bits per heavy atom. The molecule has 2 atom stereocenters. The maximum Gasteiger partial charge on any atom is 0.120 e. The van der Waals surface area contributed by atoms with Gasteiger partial charge in [0.1, 0.15) is 6.23 Å². The number of nitrogens with zero attached hydrogens (tertiary/aromatic N) is 1. The molecule has 0 radical (unpaired) electrons. The van der Waals surface area contributed by atoms with Crippen molar-refractivity contribution in [2.24, 2.45) is 0 Å². The van der Waals surface area contributed by atoms with Gasteiger partial charge in [0.15, 0.2) is 0 Å². The molecule has 0 bridgehead atoms. The predicted octanol–water partition coefficient (Wildman–Crippen LogP) is 0.0251. The fourth-order valence-corrected chi connectivity index (χ4v) is 1.68. The predicted molar refractivity (Wildman–Crippen MR) is 56.2 cm³/mol. The molecule has 4 nitrogen and oxygen atoms in total. The highest BCUT2D eigenvalue weighted by Gasteiger charge is 2.20. The van der Waals surface area contributed by atoms with Crippen LogP contribution >= 0.6 is 0 Å². The Bertz CT molecular complexity index is 153. The van der Waals surface area contributed by atoms with Crippen molar-refractivity contribution in [1.82, 2.24) is 10.2 Å². The van der Waals surface area contributed by atoms with Crippen molar-refractivity contribution in [3.8, 4) is 0 Å². The van der Waals surface area contributed by atoms with Gasteiger partial charge in [-0.15, -0.1) is 0 Å². The fourth-order valence-electron chi connectivity index (χ4n) is 1.68. The summed E-state index contributed by atoms with van der Waals surface area (Å²) in [6, 6.07) is 0. The Morgan fingerprint density at radius 3 is 3.00 bits per heavy atom. The van der Waals surface area contributed by atoms with Crippen molar-refractivity contribution < 1.29 is 9.84 Å². The molecule has 0 spiro atoms. The Balaban J connectivity index is 2.25. The number of aliphatic hydroxyl groups excluding tert-OH is 1. The van der Waals surface area contributed by atoms with Crippen molar-refractivity contribution in [3.05, 3.63) is 0 Å². The zero-order valence-electron chi connectivity index (χ0n) is 9.20. The molecule has 0 aliphatic carbocycles. The summed E-state index contributed by atoms with van der Waals surface area (Å²) in [5.41, 5.74) is 0. The second-order valence-corrected chi connectivity index (χ2v) is 3.72. The lowest BCUT2D eigenvalue weighted by atomic mass is 10.2. The van der Waals surface area contributed by atoms with Gasteiger partial charge in [-0.3, -0.25) is 10.2 Å². The summed E-state index contributed by atoms with van der Waals surface area (Å²) in [6.07, 6.45) is 0.761. The minimum absolute atomic E-state index is 0.137. The first-order valence-corrected chi connectivity index (χ1v) is 5.51. The normalized spacial score (nSPS) is 26.4. The van der Waals surface area contributed by atoms with Crippen molar-refractivity contribution in [3.63, 3.8) is 0 Å². The van der Waals surface area contributed by atoms with E-state index in [0.29, 0.717) is 0 Å². The van der Waals surface area contributed by atoms with E-state index in [-0.39, 0.29) is 12.3 Å². The minimum Gasteiger partial charge on any atom is -0.392 e. The van der Waals surface area contributed by atoms with Crippen LogP contribution in [0.1, 0.15) is 20.3 Å². The Hall–Kier alpha value is -0.160. The molecule has 1 fully saturated rings. The largest absolute Gasteiger partial charge is 0.392 e. The smallest absolute Gasteiger partial charge is 0.120 e. The van der Waals surface area contributed by atoms with Gasteiger partial charge in [-0.25, -0.2) is 0 Å². The van der Waals surface area contributed by atoms with Crippen molar-refractivity contribution in [1.29, 1.82) is 0 Å². The zero-order valence-corrected chi connectivity index (χ0v) is 9.20. The second kappa shape index (κ2) is 6.35. The van der Waals surface area contributed by atoms with E-state index in [1.54, 1.807) is 0 Å². The standard InChI is InChI=1S/C10H22N2O2/c1-3-9(13)7-12-6-5-11-10(8-12)14-4-2/h9-11,13H,3-8H2,1-2H3. The molecule has 14 heavy (non-hydrogen) atoms. The Morgan fingerprint density at radius 1 is 1.57 bits per heavy atom. The lowest BCUT2D eigenvalue weighted by Crippen LogP contribution is -2.53. The number of ether oxygens (including phenoxy) is 1. The third kappa shape index (κ3) is 3.92. The lowest BCUT2D eigenvalue weighted by molar-refractivity contribution is -0.0194. The number of hydrogen-bond acceptors (Lipinski definition) is 4. The molecule has 2 N–H and O–H groups in total. The number of piperazine rings is 1. The van der Waals surface area contributed by atoms with E-state index < -0.39 is 0 Å². The average Bonchev–Trinajstić information content (AvgIpc) is 2.19. The van der Waals surface area contributed by atoms with Gasteiger partial charge in [0.05, 0.1) is 6.10 Å². The monoisotopic (exact) mass is 202 g/mol. The zero-order chi connectivity index (χ0) is 10.4. The van der Waals surface area contributed by atoms with E-state index in [0.717, 1.165) is 39.2 Å². The maximum absolute atomic E-state index is 9.52. The first-order chi connectivity index (χ1) is 6.76. The second-order valence-electron chi connectivity index (χ2n) is 3.72. The summed E-state index contributed by atoms with van der Waals surface area (Å²) in [5.74, 6) is 0. The molecule has 4 heteroatoms. The van der Waals surface area contributed by atoms with Gasteiger partial charge in [-0.05, 0) is 13.3 Å². The first-order valence-electron chi connectivity index (χ1n) is 5.51. The van der Waals surface area contributed by atoms with E-state index in [2.05, 4.69) is 10.2 Å². The number of hydrogen-bond donors (Lipinski definition) is 2. The fraction of sp³-hybridized carbons (Fsp3) is 1.00. The quantitative estimate of drug-likeness (QED) is 0.660. The number of aliphatic hydroxyl groups is 1. The molecule has 1 aliphatic heterocycles. The molecular formula is C10H22N2O2. The van der Waals surface area contributed by atoms with Crippen LogP contribution in [0.15, 0.2) is 0 Å². The third-order valence-electron chi connectivity index (χ3n) is 2.53. The van der Waals surface area contributed by atoms with Gasteiger partial charge in [-0.1, -0.05) is 6.92 Å². The van der Waals surface area contributed by atoms with Crippen LogP contribution in [-0.4, -0.2) is 55.1 Å². The van der Waals surface area contributed by atoms with Gasteiger partial charge < -0.3 is 9.84 Å². The summed E-state index contributed by atoms with van der Waals surface area (Å²) in [4.78, 5) is 2.25. The van der Waals surface area contributed by atoms with Gasteiger partial charge in [0.25, 0.3) is 0 Å². The minimum atomic E-state index is -0.199. The molecule has 1 heterocycles. The first kappa shape index (κ1) is 11.9. The van der Waals surface area contributed by atoms with E-state index in [1.165, 1.54) is 0 Å².